The quantitative estimate of drug-likeness (QED) is 0.145. The number of aliphatic hydroxyl groups excluding tert-OH is 1. The number of aliphatic carboxylic acids is 1. The molecule has 1 aromatic carbocycles. The van der Waals surface area contributed by atoms with Gasteiger partial charge in [0.2, 0.25) is 6.29 Å². The fraction of sp³-hybridized carbons (Fsp3) is 0.571. The van der Waals surface area contributed by atoms with Crippen molar-refractivity contribution in [1.82, 2.24) is 5.32 Å². The van der Waals surface area contributed by atoms with Crippen LogP contribution < -0.4 is 16.0 Å². The first-order chi connectivity index (χ1) is 16.8. The van der Waals surface area contributed by atoms with Crippen molar-refractivity contribution in [3.05, 3.63) is 29.3 Å². The number of halogens is 1. The SMILES string of the molecule is NOCCOCCOCCNC(=O)c1cc(COC(=O)F)ccc1OC1CC(O)CC(C(=O)O)O1. The Kier molecular flexibility index (Phi) is 12.3. The Balaban J connectivity index is 1.98. The molecule has 1 amide bonds. The van der Waals surface area contributed by atoms with Crippen LogP contribution in [0.15, 0.2) is 18.2 Å². The number of carboxylic acid groups (broad SMARTS) is 1. The van der Waals surface area contributed by atoms with Crippen LogP contribution in [-0.2, 0) is 35.2 Å². The van der Waals surface area contributed by atoms with Crippen LogP contribution in [0.3, 0.4) is 0 Å². The third-order valence-electron chi connectivity index (χ3n) is 4.69. The molecule has 0 saturated carbocycles. The van der Waals surface area contributed by atoms with E-state index in [4.69, 9.17) is 24.8 Å². The zero-order chi connectivity index (χ0) is 25.6. The lowest BCUT2D eigenvalue weighted by Crippen LogP contribution is -2.42. The Morgan fingerprint density at radius 1 is 1.11 bits per heavy atom. The van der Waals surface area contributed by atoms with E-state index in [0.717, 1.165) is 0 Å². The molecule has 196 valence electrons. The average molecular weight is 504 g/mol. The summed E-state index contributed by atoms with van der Waals surface area (Å²) in [5.41, 5.74) is 0.300. The molecule has 0 bridgehead atoms. The topological polar surface area (TPSA) is 185 Å². The highest BCUT2D eigenvalue weighted by atomic mass is 19.1. The Bertz CT molecular complexity index is 841. The zero-order valence-electron chi connectivity index (χ0n) is 18.9. The van der Waals surface area contributed by atoms with Gasteiger partial charge in [-0.1, -0.05) is 6.07 Å². The number of hydrogen-bond acceptors (Lipinski definition) is 11. The minimum atomic E-state index is -1.97. The number of carbonyl (C=O) groups is 3. The monoisotopic (exact) mass is 504 g/mol. The van der Waals surface area contributed by atoms with Crippen molar-refractivity contribution < 1.29 is 57.5 Å². The summed E-state index contributed by atoms with van der Waals surface area (Å²) >= 11 is 0. The Hall–Kier alpha value is -2.88. The molecule has 35 heavy (non-hydrogen) atoms. The third-order valence-corrected chi connectivity index (χ3v) is 4.69. The second-order valence-electron chi connectivity index (χ2n) is 7.34. The molecule has 3 atom stereocenters. The van der Waals surface area contributed by atoms with E-state index >= 15 is 0 Å². The fourth-order valence-electron chi connectivity index (χ4n) is 3.08. The first-order valence-electron chi connectivity index (χ1n) is 10.7. The minimum absolute atomic E-state index is 0.00179. The normalized spacial score (nSPS) is 19.7. The minimum Gasteiger partial charge on any atom is -0.479 e. The second kappa shape index (κ2) is 15.2. The third kappa shape index (κ3) is 10.5. The molecule has 1 saturated heterocycles. The number of nitrogens with one attached hydrogen (secondary N) is 1. The van der Waals surface area contributed by atoms with Crippen LogP contribution in [0, 0.1) is 0 Å². The van der Waals surface area contributed by atoms with Gasteiger partial charge in [0.05, 0.1) is 44.7 Å². The highest BCUT2D eigenvalue weighted by Gasteiger charge is 2.34. The summed E-state index contributed by atoms with van der Waals surface area (Å²) < 4.78 is 38.3. The second-order valence-corrected chi connectivity index (χ2v) is 7.34. The Labute approximate surface area is 200 Å². The Morgan fingerprint density at radius 3 is 2.51 bits per heavy atom. The van der Waals surface area contributed by atoms with Gasteiger partial charge in [0.1, 0.15) is 12.4 Å². The maximum Gasteiger partial charge on any atom is 0.495 e. The molecule has 3 unspecified atom stereocenters. The molecular formula is C21H29FN2O11. The number of ether oxygens (including phenoxy) is 5. The van der Waals surface area contributed by atoms with E-state index in [-0.39, 0.29) is 50.5 Å². The van der Waals surface area contributed by atoms with Gasteiger partial charge in [0.25, 0.3) is 5.91 Å². The highest BCUT2D eigenvalue weighted by Crippen LogP contribution is 2.27. The van der Waals surface area contributed by atoms with Gasteiger partial charge in [-0.15, -0.1) is 4.39 Å². The molecule has 1 aliphatic heterocycles. The number of carboxylic acids is 1. The van der Waals surface area contributed by atoms with Crippen LogP contribution in [0.2, 0.25) is 0 Å². The number of nitrogens with two attached hydrogens (primary N) is 1. The van der Waals surface area contributed by atoms with Crippen LogP contribution in [0.5, 0.6) is 5.75 Å². The van der Waals surface area contributed by atoms with Gasteiger partial charge in [0.15, 0.2) is 6.10 Å². The summed E-state index contributed by atoms with van der Waals surface area (Å²) in [4.78, 5) is 38.8. The zero-order valence-corrected chi connectivity index (χ0v) is 18.9. The molecule has 1 heterocycles. The van der Waals surface area contributed by atoms with Gasteiger partial charge < -0.3 is 44.1 Å². The molecule has 1 fully saturated rings. The molecule has 1 aliphatic rings. The lowest BCUT2D eigenvalue weighted by atomic mass is 10.0. The summed E-state index contributed by atoms with van der Waals surface area (Å²) in [5.74, 6) is 3.06. The molecule has 0 aliphatic carbocycles. The van der Waals surface area contributed by atoms with Crippen LogP contribution in [0.25, 0.3) is 0 Å². The maximum atomic E-state index is 12.8. The van der Waals surface area contributed by atoms with Gasteiger partial charge in [-0.3, -0.25) is 4.79 Å². The Morgan fingerprint density at radius 2 is 1.83 bits per heavy atom. The molecular weight excluding hydrogens is 475 g/mol. The van der Waals surface area contributed by atoms with E-state index in [1.165, 1.54) is 18.2 Å². The highest BCUT2D eigenvalue weighted by molar-refractivity contribution is 5.97. The van der Waals surface area contributed by atoms with Gasteiger partial charge in [-0.25, -0.2) is 15.5 Å². The lowest BCUT2D eigenvalue weighted by Gasteiger charge is -2.31. The number of amides is 1. The first kappa shape index (κ1) is 28.4. The summed E-state index contributed by atoms with van der Waals surface area (Å²) in [6, 6.07) is 4.13. The standard InChI is InChI=1S/C21H29FN2O11/c22-21(29)32-12-13-1-2-16(34-18-11-14(25)10-17(35-18)20(27)28)15(9-13)19(26)24-3-4-30-5-6-31-7-8-33-23/h1-2,9,14,17-18,25H,3-8,10-12,23H2,(H,24,26)(H,27,28). The van der Waals surface area contributed by atoms with Crippen molar-refractivity contribution in [2.24, 2.45) is 5.90 Å². The molecule has 0 spiro atoms. The van der Waals surface area contributed by atoms with Crippen LogP contribution in [0.4, 0.5) is 9.18 Å². The first-order valence-corrected chi connectivity index (χ1v) is 10.7. The smallest absolute Gasteiger partial charge is 0.479 e. The average Bonchev–Trinajstić information content (AvgIpc) is 2.81. The van der Waals surface area contributed by atoms with E-state index in [2.05, 4.69) is 14.9 Å². The molecule has 0 aromatic heterocycles. The number of benzene rings is 1. The van der Waals surface area contributed by atoms with Crippen LogP contribution in [0.1, 0.15) is 28.8 Å². The van der Waals surface area contributed by atoms with Gasteiger partial charge >= 0.3 is 12.2 Å². The van der Waals surface area contributed by atoms with Gasteiger partial charge in [-0.2, -0.15) is 0 Å². The van der Waals surface area contributed by atoms with Crippen LogP contribution in [-0.4, -0.2) is 86.4 Å². The molecule has 0 radical (unpaired) electrons. The summed E-state index contributed by atoms with van der Waals surface area (Å²) in [6.07, 6.45) is -5.46. The maximum absolute atomic E-state index is 12.8. The van der Waals surface area contributed by atoms with Gasteiger partial charge in [-0.05, 0) is 17.7 Å². The molecule has 2 rings (SSSR count). The summed E-state index contributed by atoms with van der Waals surface area (Å²) in [5, 5.41) is 21.8. The molecule has 5 N–H and O–H groups in total. The van der Waals surface area contributed by atoms with Crippen molar-refractivity contribution in [1.29, 1.82) is 0 Å². The van der Waals surface area contributed by atoms with Crippen molar-refractivity contribution in [3.8, 4) is 5.75 Å². The van der Waals surface area contributed by atoms with E-state index < -0.39 is 43.2 Å². The van der Waals surface area contributed by atoms with Crippen molar-refractivity contribution in [2.45, 2.75) is 37.9 Å². The van der Waals surface area contributed by atoms with E-state index in [1.807, 2.05) is 0 Å². The molecule has 13 nitrogen and oxygen atoms in total. The van der Waals surface area contributed by atoms with Crippen molar-refractivity contribution in [2.75, 3.05) is 39.6 Å². The number of carbonyl (C=O) groups excluding carboxylic acids is 2. The largest absolute Gasteiger partial charge is 0.495 e. The number of aliphatic hydroxyl groups is 1. The predicted molar refractivity (Wildman–Crippen MR) is 114 cm³/mol. The van der Waals surface area contributed by atoms with Crippen molar-refractivity contribution >= 4 is 18.1 Å². The van der Waals surface area contributed by atoms with E-state index in [0.29, 0.717) is 18.8 Å². The van der Waals surface area contributed by atoms with E-state index in [1.54, 1.807) is 0 Å². The predicted octanol–water partition coefficient (Wildman–Crippen LogP) is 0.275. The van der Waals surface area contributed by atoms with Crippen molar-refractivity contribution in [3.63, 3.8) is 0 Å². The summed E-state index contributed by atoms with van der Waals surface area (Å²) in [7, 11) is 0. The van der Waals surface area contributed by atoms with Crippen LogP contribution >= 0.6 is 0 Å². The summed E-state index contributed by atoms with van der Waals surface area (Å²) in [6.45, 7) is 1.06. The molecule has 1 aromatic rings. The van der Waals surface area contributed by atoms with Gasteiger partial charge in [0, 0.05) is 19.4 Å². The van der Waals surface area contributed by atoms with E-state index in [9.17, 15) is 29.0 Å². The number of rotatable bonds is 15. The molecule has 14 heteroatoms. The number of hydrogen-bond donors (Lipinski definition) is 4. The lowest BCUT2D eigenvalue weighted by molar-refractivity contribution is -0.195. The fourth-order valence-corrected chi connectivity index (χ4v) is 3.08.